The highest BCUT2D eigenvalue weighted by molar-refractivity contribution is 7.98. The van der Waals surface area contributed by atoms with Gasteiger partial charge in [0.05, 0.1) is 36.6 Å². The number of rotatable bonds is 8. The van der Waals surface area contributed by atoms with Gasteiger partial charge in [0.15, 0.2) is 0 Å². The molecule has 1 fully saturated rings. The lowest BCUT2D eigenvalue weighted by Gasteiger charge is -2.33. The molecule has 0 spiro atoms. The Balaban J connectivity index is 1.45. The fourth-order valence-electron chi connectivity index (χ4n) is 7.18. The molecule has 49 heavy (non-hydrogen) atoms. The van der Waals surface area contributed by atoms with Crippen molar-refractivity contribution in [2.45, 2.75) is 83.5 Å². The van der Waals surface area contributed by atoms with Crippen LogP contribution in [0.4, 0.5) is 10.1 Å². The minimum Gasteiger partial charge on any atom is -0.491 e. The predicted octanol–water partition coefficient (Wildman–Crippen LogP) is 7.15. The van der Waals surface area contributed by atoms with Gasteiger partial charge >= 0.3 is 0 Å². The average molecular weight is 715 g/mol. The number of hydrogen-bond acceptors (Lipinski definition) is 7. The van der Waals surface area contributed by atoms with Gasteiger partial charge in [-0.3, -0.25) is 19.2 Å². The van der Waals surface area contributed by atoms with Gasteiger partial charge in [-0.2, -0.15) is 0 Å². The van der Waals surface area contributed by atoms with Gasteiger partial charge in [0.1, 0.15) is 11.6 Å². The summed E-state index contributed by atoms with van der Waals surface area (Å²) in [5.74, 6) is 0.440. The zero-order chi connectivity index (χ0) is 34.9. The van der Waals surface area contributed by atoms with Crippen molar-refractivity contribution in [3.8, 4) is 5.75 Å². The third-order valence-corrected chi connectivity index (χ3v) is 11.2. The van der Waals surface area contributed by atoms with Gasteiger partial charge in [-0.1, -0.05) is 57.4 Å². The Kier molecular flexibility index (Phi) is 13.7. The monoisotopic (exact) mass is 714 g/mol. The number of carbonyl (C=O) groups is 2. The van der Waals surface area contributed by atoms with Crippen LogP contribution < -0.4 is 19.7 Å². The third kappa shape index (κ3) is 9.72. The van der Waals surface area contributed by atoms with E-state index in [1.807, 2.05) is 31.2 Å². The molecule has 2 bridgehead atoms. The van der Waals surface area contributed by atoms with E-state index in [0.29, 0.717) is 63.5 Å². The second-order valence-corrected chi connectivity index (χ2v) is 15.2. The standard InChI is InChI=1S/C38H52ClFN4O4S/c1-5-8-31-30(12-13-32(39)36(31)40)29-22-44-17-15-27(6-2)37(47-20-19-43-18-16-41-35(45)23-43)25(3)9-7-10-26(4)49-42-38(46)28-11-14-34(48-24-29)33(44)21-28/h9,11-14,21,26-27,29,37H,5-8,10,15-20,22-24H2,1-4H3,(H,41,45)(H,42,46)/b25-9+. The van der Waals surface area contributed by atoms with E-state index in [9.17, 15) is 9.59 Å². The molecule has 11 heteroatoms. The summed E-state index contributed by atoms with van der Waals surface area (Å²) in [7, 11) is 0. The maximum atomic E-state index is 15.4. The van der Waals surface area contributed by atoms with E-state index < -0.39 is 0 Å². The van der Waals surface area contributed by atoms with E-state index in [1.165, 1.54) is 17.5 Å². The second kappa shape index (κ2) is 17.9. The fourth-order valence-corrected chi connectivity index (χ4v) is 8.04. The summed E-state index contributed by atoms with van der Waals surface area (Å²) in [5.41, 5.74) is 4.25. The van der Waals surface area contributed by atoms with Crippen molar-refractivity contribution < 1.29 is 23.5 Å². The minimum atomic E-state index is -0.347. The molecule has 2 aromatic rings. The molecule has 0 aliphatic carbocycles. The number of anilines is 1. The van der Waals surface area contributed by atoms with E-state index in [-0.39, 0.29) is 45.8 Å². The summed E-state index contributed by atoms with van der Waals surface area (Å²) in [5, 5.41) is 3.27. The maximum absolute atomic E-state index is 15.4. The van der Waals surface area contributed by atoms with Crippen molar-refractivity contribution in [1.29, 1.82) is 0 Å². The number of ether oxygens (including phenoxy) is 2. The van der Waals surface area contributed by atoms with Crippen molar-refractivity contribution in [1.82, 2.24) is 14.9 Å². The smallest absolute Gasteiger partial charge is 0.261 e. The number of benzene rings is 2. The van der Waals surface area contributed by atoms with Crippen LogP contribution in [0.3, 0.4) is 0 Å². The van der Waals surface area contributed by atoms with Gasteiger partial charge in [0.25, 0.3) is 5.91 Å². The summed E-state index contributed by atoms with van der Waals surface area (Å²) >= 11 is 7.71. The average Bonchev–Trinajstić information content (AvgIpc) is 3.27. The van der Waals surface area contributed by atoms with Crippen molar-refractivity contribution in [2.75, 3.05) is 57.4 Å². The molecule has 2 aromatic carbocycles. The maximum Gasteiger partial charge on any atom is 0.261 e. The molecule has 8 nitrogen and oxygen atoms in total. The van der Waals surface area contributed by atoms with Crippen molar-refractivity contribution in [3.05, 3.63) is 69.5 Å². The van der Waals surface area contributed by atoms with Crippen LogP contribution in [0.1, 0.15) is 87.2 Å². The quantitative estimate of drug-likeness (QED) is 0.222. The van der Waals surface area contributed by atoms with E-state index in [2.05, 4.69) is 46.7 Å². The first-order valence-corrected chi connectivity index (χ1v) is 19.2. The highest BCUT2D eigenvalue weighted by atomic mass is 35.5. The molecule has 0 radical (unpaired) electrons. The van der Waals surface area contributed by atoms with E-state index in [1.54, 1.807) is 6.07 Å². The number of halogens is 2. The lowest BCUT2D eigenvalue weighted by Crippen LogP contribution is -2.48. The molecular weight excluding hydrogens is 663 g/mol. The Morgan fingerprint density at radius 1 is 1.14 bits per heavy atom. The Bertz CT molecular complexity index is 1490. The van der Waals surface area contributed by atoms with Crippen LogP contribution >= 0.6 is 23.5 Å². The van der Waals surface area contributed by atoms with E-state index >= 15 is 4.39 Å². The largest absolute Gasteiger partial charge is 0.491 e. The number of nitrogens with zero attached hydrogens (tertiary/aromatic N) is 2. The Hall–Kier alpha value is -2.79. The van der Waals surface area contributed by atoms with Crippen LogP contribution in [0.2, 0.25) is 5.02 Å². The highest BCUT2D eigenvalue weighted by Gasteiger charge is 2.30. The molecule has 4 atom stereocenters. The molecule has 268 valence electrons. The Morgan fingerprint density at radius 2 is 1.98 bits per heavy atom. The van der Waals surface area contributed by atoms with Gasteiger partial charge in [-0.05, 0) is 91.4 Å². The second-order valence-electron chi connectivity index (χ2n) is 13.6. The summed E-state index contributed by atoms with van der Waals surface area (Å²) in [6, 6.07) is 9.26. The molecule has 0 aromatic heterocycles. The van der Waals surface area contributed by atoms with Crippen LogP contribution in [-0.2, 0) is 16.0 Å². The van der Waals surface area contributed by atoms with Gasteiger partial charge in [0.2, 0.25) is 5.91 Å². The summed E-state index contributed by atoms with van der Waals surface area (Å²) in [6.07, 6.45) is 7.22. The van der Waals surface area contributed by atoms with Gasteiger partial charge in [-0.25, -0.2) is 4.39 Å². The van der Waals surface area contributed by atoms with Crippen LogP contribution in [-0.4, -0.2) is 80.6 Å². The topological polar surface area (TPSA) is 83.1 Å². The van der Waals surface area contributed by atoms with Crippen molar-refractivity contribution >= 4 is 41.1 Å². The van der Waals surface area contributed by atoms with Crippen LogP contribution in [0.25, 0.3) is 0 Å². The van der Waals surface area contributed by atoms with Crippen LogP contribution in [0.5, 0.6) is 5.75 Å². The lowest BCUT2D eigenvalue weighted by atomic mass is 9.89. The normalized spacial score (nSPS) is 25.4. The molecule has 2 amide bonds. The number of fused-ring (bicyclic) bond motifs is 1. The van der Waals surface area contributed by atoms with Gasteiger partial charge < -0.3 is 19.7 Å². The number of nitrogens with one attached hydrogen (secondary N) is 2. The highest BCUT2D eigenvalue weighted by Crippen LogP contribution is 2.39. The molecule has 3 aliphatic heterocycles. The first kappa shape index (κ1) is 37.5. The zero-order valence-electron chi connectivity index (χ0n) is 29.4. The molecule has 0 saturated carbocycles. The predicted molar refractivity (Wildman–Crippen MR) is 197 cm³/mol. The molecule has 3 aliphatic rings. The number of carbonyl (C=O) groups excluding carboxylic acids is 2. The Labute approximate surface area is 300 Å². The summed E-state index contributed by atoms with van der Waals surface area (Å²) < 4.78 is 31.6. The minimum absolute atomic E-state index is 0.0629. The molecule has 5 rings (SSSR count). The molecule has 3 heterocycles. The molecular formula is C38H52ClFN4O4S. The van der Waals surface area contributed by atoms with E-state index in [0.717, 1.165) is 55.6 Å². The molecule has 1 saturated heterocycles. The summed E-state index contributed by atoms with van der Waals surface area (Å²) in [4.78, 5) is 29.7. The van der Waals surface area contributed by atoms with Gasteiger partial charge in [-0.15, -0.1) is 0 Å². The third-order valence-electron chi connectivity index (χ3n) is 10.0. The molecule has 2 N–H and O–H groups in total. The first-order valence-electron chi connectivity index (χ1n) is 17.9. The van der Waals surface area contributed by atoms with E-state index in [4.69, 9.17) is 21.1 Å². The number of piperazine rings is 1. The van der Waals surface area contributed by atoms with Crippen LogP contribution in [0.15, 0.2) is 42.0 Å². The van der Waals surface area contributed by atoms with Crippen molar-refractivity contribution in [3.63, 3.8) is 0 Å². The Morgan fingerprint density at radius 3 is 2.76 bits per heavy atom. The van der Waals surface area contributed by atoms with Crippen LogP contribution in [0, 0.1) is 11.7 Å². The summed E-state index contributed by atoms with van der Waals surface area (Å²) in [6.45, 7) is 13.4. The van der Waals surface area contributed by atoms with Gasteiger partial charge in [0, 0.05) is 49.5 Å². The number of allylic oxidation sites excluding steroid dienone is 1. The molecule has 4 unspecified atom stereocenters. The first-order chi connectivity index (χ1) is 23.7. The number of amides is 2. The number of hydrogen-bond donors (Lipinski definition) is 2. The SMILES string of the molecule is CCCc1c(C2COc3ccc4cc3N(CCC(CC)C(OCCN3CCNC(=O)C3)/C(C)=C/CCC(C)SNC4=O)C2)ccc(Cl)c1F. The fraction of sp³-hybridized carbons (Fsp3) is 0.579. The van der Waals surface area contributed by atoms with Crippen molar-refractivity contribution in [2.24, 2.45) is 5.92 Å². The lowest BCUT2D eigenvalue weighted by molar-refractivity contribution is -0.124. The zero-order valence-corrected chi connectivity index (χ0v) is 30.9.